The smallest absolute Gasteiger partial charge is 0.238 e. The van der Waals surface area contributed by atoms with Crippen LogP contribution in [0.5, 0.6) is 11.6 Å². The molecular formula is C22H21N5O2. The van der Waals surface area contributed by atoms with Gasteiger partial charge in [0.2, 0.25) is 5.88 Å². The molecule has 1 aliphatic heterocycles. The molecule has 2 heterocycles. The molecule has 1 fully saturated rings. The maximum Gasteiger partial charge on any atom is 0.238 e. The zero-order valence-corrected chi connectivity index (χ0v) is 16.2. The van der Waals surface area contributed by atoms with Crippen LogP contribution >= 0.6 is 0 Å². The van der Waals surface area contributed by atoms with E-state index in [9.17, 15) is 0 Å². The first-order valence-corrected chi connectivity index (χ1v) is 9.42. The Kier molecular flexibility index (Phi) is 5.54. The number of benzene rings is 2. The van der Waals surface area contributed by atoms with Gasteiger partial charge in [-0.1, -0.05) is 0 Å². The molecule has 0 N–H and O–H groups in total. The van der Waals surface area contributed by atoms with Gasteiger partial charge in [0.25, 0.3) is 0 Å². The van der Waals surface area contributed by atoms with Crippen LogP contribution in [0.3, 0.4) is 0 Å². The van der Waals surface area contributed by atoms with Crippen molar-refractivity contribution in [2.45, 2.75) is 6.92 Å². The van der Waals surface area contributed by atoms with Crippen molar-refractivity contribution in [1.29, 1.82) is 5.26 Å². The highest BCUT2D eigenvalue weighted by atomic mass is 16.5. The molecule has 2 aromatic carbocycles. The first-order chi connectivity index (χ1) is 14.2. The molecule has 4 rings (SSSR count). The Balaban J connectivity index is 1.43. The summed E-state index contributed by atoms with van der Waals surface area (Å²) < 4.78 is 13.0. The fourth-order valence-electron chi connectivity index (χ4n) is 2.98. The second-order valence-corrected chi connectivity index (χ2v) is 6.70. The van der Waals surface area contributed by atoms with Crippen molar-refractivity contribution in [3.8, 4) is 23.4 Å². The third-order valence-electron chi connectivity index (χ3n) is 4.61. The van der Waals surface area contributed by atoms with E-state index in [0.717, 1.165) is 49.0 Å². The number of hydrogen-bond acceptors (Lipinski definition) is 5. The first kappa shape index (κ1) is 18.7. The molecule has 0 spiro atoms. The predicted molar refractivity (Wildman–Crippen MR) is 110 cm³/mol. The van der Waals surface area contributed by atoms with E-state index in [1.165, 1.54) is 0 Å². The maximum absolute atomic E-state index is 8.90. The molecule has 1 aromatic heterocycles. The third kappa shape index (κ3) is 4.62. The number of aryl methyl sites for hydroxylation is 1. The Morgan fingerprint density at radius 1 is 1.14 bits per heavy atom. The summed E-state index contributed by atoms with van der Waals surface area (Å²) in [6, 6.07) is 17.0. The Bertz CT molecular complexity index is 1040. The molecule has 7 heteroatoms. The summed E-state index contributed by atoms with van der Waals surface area (Å²) in [6.07, 6.45) is 3.70. The van der Waals surface area contributed by atoms with Crippen LogP contribution < -0.4 is 4.74 Å². The summed E-state index contributed by atoms with van der Waals surface area (Å²) >= 11 is 0. The highest BCUT2D eigenvalue weighted by molar-refractivity contribution is 5.62. The molecule has 0 atom stereocenters. The quantitative estimate of drug-likeness (QED) is 0.491. The van der Waals surface area contributed by atoms with E-state index in [0.29, 0.717) is 11.4 Å². The Hall–Kier alpha value is -3.63. The highest BCUT2D eigenvalue weighted by Crippen LogP contribution is 2.28. The highest BCUT2D eigenvalue weighted by Gasteiger charge is 2.08. The fourth-order valence-corrected chi connectivity index (χ4v) is 2.98. The number of hydrogen-bond donors (Lipinski definition) is 0. The monoisotopic (exact) mass is 387 g/mol. The topological polar surface area (TPSA) is 75.7 Å². The lowest BCUT2D eigenvalue weighted by atomic mass is 10.2. The van der Waals surface area contributed by atoms with Gasteiger partial charge in [0.1, 0.15) is 5.75 Å². The molecule has 146 valence electrons. The number of nitriles is 1. The molecule has 0 aliphatic carbocycles. The predicted octanol–water partition coefficient (Wildman–Crippen LogP) is 3.84. The lowest BCUT2D eigenvalue weighted by Crippen LogP contribution is -2.34. The summed E-state index contributed by atoms with van der Waals surface area (Å²) in [4.78, 5) is 6.70. The third-order valence-corrected chi connectivity index (χ3v) is 4.61. The van der Waals surface area contributed by atoms with E-state index in [-0.39, 0.29) is 0 Å². The van der Waals surface area contributed by atoms with Crippen molar-refractivity contribution in [1.82, 2.24) is 14.7 Å². The van der Waals surface area contributed by atoms with E-state index >= 15 is 0 Å². The standard InChI is InChI=1S/C22H21N5O2/c1-17-14-19(24-16-26-10-12-28-13-11-26)4-7-21(17)29-22-8-9-27(25-22)20-5-2-18(15-23)3-6-20/h2-9,14,16H,10-13H2,1H3. The summed E-state index contributed by atoms with van der Waals surface area (Å²) in [5, 5.41) is 13.4. The Morgan fingerprint density at radius 2 is 1.93 bits per heavy atom. The van der Waals surface area contributed by atoms with Crippen molar-refractivity contribution >= 4 is 12.0 Å². The first-order valence-electron chi connectivity index (χ1n) is 9.42. The van der Waals surface area contributed by atoms with Crippen LogP contribution in [0, 0.1) is 18.3 Å². The summed E-state index contributed by atoms with van der Waals surface area (Å²) in [5.74, 6) is 1.24. The molecule has 0 saturated carbocycles. The van der Waals surface area contributed by atoms with Gasteiger partial charge >= 0.3 is 0 Å². The molecule has 0 unspecified atom stereocenters. The van der Waals surface area contributed by atoms with Crippen LogP contribution in [-0.2, 0) is 4.74 Å². The minimum absolute atomic E-state index is 0.502. The largest absolute Gasteiger partial charge is 0.437 e. The van der Waals surface area contributed by atoms with E-state index < -0.39 is 0 Å². The molecular weight excluding hydrogens is 366 g/mol. The van der Waals surface area contributed by atoms with E-state index in [1.807, 2.05) is 55.9 Å². The molecule has 0 bridgehead atoms. The SMILES string of the molecule is Cc1cc(N=CN2CCOCC2)ccc1Oc1ccn(-c2ccc(C#N)cc2)n1. The van der Waals surface area contributed by atoms with Crippen LogP contribution in [0.1, 0.15) is 11.1 Å². The minimum Gasteiger partial charge on any atom is -0.437 e. The summed E-state index contributed by atoms with van der Waals surface area (Å²) in [5.41, 5.74) is 3.34. The summed E-state index contributed by atoms with van der Waals surface area (Å²) in [6.45, 7) is 5.21. The van der Waals surface area contributed by atoms with E-state index in [2.05, 4.69) is 21.1 Å². The lowest BCUT2D eigenvalue weighted by molar-refractivity contribution is 0.0701. The molecule has 0 amide bonds. The second-order valence-electron chi connectivity index (χ2n) is 6.70. The zero-order valence-electron chi connectivity index (χ0n) is 16.2. The summed E-state index contributed by atoms with van der Waals surface area (Å²) in [7, 11) is 0. The molecule has 29 heavy (non-hydrogen) atoms. The van der Waals surface area contributed by atoms with Crippen LogP contribution in [0.25, 0.3) is 5.69 Å². The van der Waals surface area contributed by atoms with Gasteiger partial charge in [0.15, 0.2) is 0 Å². The second kappa shape index (κ2) is 8.59. The van der Waals surface area contributed by atoms with Crippen LogP contribution in [0.15, 0.2) is 59.7 Å². The number of nitrogens with zero attached hydrogens (tertiary/aromatic N) is 5. The van der Waals surface area contributed by atoms with Crippen LogP contribution in [0.2, 0.25) is 0 Å². The Labute approximate surface area is 169 Å². The molecule has 1 saturated heterocycles. The maximum atomic E-state index is 8.90. The number of morpholine rings is 1. The average molecular weight is 387 g/mol. The number of ether oxygens (including phenoxy) is 2. The van der Waals surface area contributed by atoms with Gasteiger partial charge in [-0.25, -0.2) is 9.67 Å². The molecule has 1 aliphatic rings. The minimum atomic E-state index is 0.502. The van der Waals surface area contributed by atoms with Crippen molar-refractivity contribution in [2.24, 2.45) is 4.99 Å². The number of aliphatic imine (C=N–C) groups is 1. The van der Waals surface area contributed by atoms with Crippen molar-refractivity contribution < 1.29 is 9.47 Å². The zero-order chi connectivity index (χ0) is 20.1. The molecule has 7 nitrogen and oxygen atoms in total. The van der Waals surface area contributed by atoms with Gasteiger partial charge in [-0.3, -0.25) is 0 Å². The number of aromatic nitrogens is 2. The van der Waals surface area contributed by atoms with Crippen LogP contribution in [-0.4, -0.2) is 47.3 Å². The number of rotatable bonds is 5. The van der Waals surface area contributed by atoms with Gasteiger partial charge in [-0.2, -0.15) is 5.26 Å². The van der Waals surface area contributed by atoms with Gasteiger partial charge < -0.3 is 14.4 Å². The fraction of sp³-hybridized carbons (Fsp3) is 0.227. The van der Waals surface area contributed by atoms with E-state index in [4.69, 9.17) is 14.7 Å². The van der Waals surface area contributed by atoms with Crippen molar-refractivity contribution in [3.05, 3.63) is 65.9 Å². The van der Waals surface area contributed by atoms with Gasteiger partial charge in [-0.05, 0) is 55.0 Å². The molecule has 0 radical (unpaired) electrons. The van der Waals surface area contributed by atoms with Gasteiger partial charge in [0.05, 0.1) is 42.6 Å². The normalized spacial score (nSPS) is 14.1. The Morgan fingerprint density at radius 3 is 2.66 bits per heavy atom. The van der Waals surface area contributed by atoms with Crippen LogP contribution in [0.4, 0.5) is 5.69 Å². The van der Waals surface area contributed by atoms with Gasteiger partial charge in [-0.15, -0.1) is 5.10 Å². The lowest BCUT2D eigenvalue weighted by Gasteiger charge is -2.24. The van der Waals surface area contributed by atoms with E-state index in [1.54, 1.807) is 16.8 Å². The molecule has 3 aromatic rings. The van der Waals surface area contributed by atoms with Gasteiger partial charge in [0, 0.05) is 25.4 Å². The average Bonchev–Trinajstić information content (AvgIpc) is 3.23. The van der Waals surface area contributed by atoms with Crippen molar-refractivity contribution in [2.75, 3.05) is 26.3 Å². The van der Waals surface area contributed by atoms with Crippen molar-refractivity contribution in [3.63, 3.8) is 0 Å².